The first-order valence-electron chi connectivity index (χ1n) is 3.25. The van der Waals surface area contributed by atoms with E-state index in [1.807, 2.05) is 0 Å². The van der Waals surface area contributed by atoms with Crippen molar-refractivity contribution in [2.75, 3.05) is 11.5 Å². The topological polar surface area (TPSA) is 38.9 Å². The van der Waals surface area contributed by atoms with Gasteiger partial charge in [0.05, 0.1) is 17.6 Å². The Balaban J connectivity index is 3.01. The number of thiol groups is 1. The molecular formula is C8H7FN2S. The minimum atomic E-state index is -0.455. The van der Waals surface area contributed by atoms with Gasteiger partial charge in [-0.2, -0.15) is 12.6 Å². The summed E-state index contributed by atoms with van der Waals surface area (Å²) in [5.41, 5.74) is 6.08. The molecule has 0 saturated heterocycles. The molecule has 0 spiro atoms. The zero-order valence-corrected chi connectivity index (χ0v) is 7.11. The predicted octanol–water partition coefficient (Wildman–Crippen LogP) is 1.08. The Kier molecular flexibility index (Phi) is 2.94. The van der Waals surface area contributed by atoms with Crippen LogP contribution in [-0.4, -0.2) is 10.7 Å². The van der Waals surface area contributed by atoms with Crippen LogP contribution in [0.3, 0.4) is 0 Å². The summed E-state index contributed by atoms with van der Waals surface area (Å²) in [4.78, 5) is 3.71. The van der Waals surface area contributed by atoms with Crippen molar-refractivity contribution >= 4 is 18.3 Å². The first kappa shape index (κ1) is 8.88. The van der Waals surface area contributed by atoms with Crippen LogP contribution in [0.4, 0.5) is 10.1 Å². The van der Waals surface area contributed by atoms with Crippen molar-refractivity contribution in [3.63, 3.8) is 0 Å². The maximum Gasteiger partial charge on any atom is 0.143 e. The molecule has 1 aromatic heterocycles. The smallest absolute Gasteiger partial charge is 0.143 e. The Morgan fingerprint density at radius 3 is 3.00 bits per heavy atom. The molecule has 4 heteroatoms. The molecule has 1 heterocycles. The number of hydrogen-bond donors (Lipinski definition) is 2. The molecule has 0 saturated carbocycles. The summed E-state index contributed by atoms with van der Waals surface area (Å²) >= 11 is 3.89. The van der Waals surface area contributed by atoms with Crippen molar-refractivity contribution in [3.8, 4) is 11.8 Å². The normalized spacial score (nSPS) is 8.83. The Bertz CT molecular complexity index is 341. The van der Waals surface area contributed by atoms with E-state index < -0.39 is 5.82 Å². The van der Waals surface area contributed by atoms with Gasteiger partial charge >= 0.3 is 0 Å². The summed E-state index contributed by atoms with van der Waals surface area (Å²) in [5, 5.41) is 0. The molecular weight excluding hydrogens is 175 g/mol. The minimum Gasteiger partial charge on any atom is -0.396 e. The van der Waals surface area contributed by atoms with E-state index in [1.54, 1.807) is 0 Å². The number of rotatable bonds is 0. The third-order valence-corrected chi connectivity index (χ3v) is 1.33. The molecule has 2 N–H and O–H groups in total. The monoisotopic (exact) mass is 182 g/mol. The lowest BCUT2D eigenvalue weighted by Crippen LogP contribution is -1.94. The molecule has 0 atom stereocenters. The maximum absolute atomic E-state index is 12.5. The van der Waals surface area contributed by atoms with Gasteiger partial charge in [0.15, 0.2) is 0 Å². The molecule has 2 nitrogen and oxygen atoms in total. The van der Waals surface area contributed by atoms with Crippen molar-refractivity contribution in [3.05, 3.63) is 23.8 Å². The summed E-state index contributed by atoms with van der Waals surface area (Å²) in [5.74, 6) is 5.31. The third-order valence-electron chi connectivity index (χ3n) is 1.17. The van der Waals surface area contributed by atoms with E-state index in [9.17, 15) is 4.39 Å². The lowest BCUT2D eigenvalue weighted by Gasteiger charge is -1.95. The number of halogens is 1. The van der Waals surface area contributed by atoms with Gasteiger partial charge in [0.1, 0.15) is 11.5 Å². The van der Waals surface area contributed by atoms with Gasteiger partial charge in [-0.1, -0.05) is 5.92 Å². The first-order chi connectivity index (χ1) is 5.74. The van der Waals surface area contributed by atoms with E-state index in [-0.39, 0.29) is 5.69 Å². The molecule has 0 aliphatic carbocycles. The molecule has 62 valence electrons. The van der Waals surface area contributed by atoms with Crippen LogP contribution in [0, 0.1) is 17.7 Å². The van der Waals surface area contributed by atoms with Gasteiger partial charge in [-0.15, -0.1) is 0 Å². The summed E-state index contributed by atoms with van der Waals surface area (Å²) < 4.78 is 12.5. The van der Waals surface area contributed by atoms with E-state index in [0.717, 1.165) is 6.20 Å². The molecule has 1 rings (SSSR count). The summed E-state index contributed by atoms with van der Waals surface area (Å²) in [6.07, 6.45) is 1.08. The lowest BCUT2D eigenvalue weighted by molar-refractivity contribution is 0.622. The van der Waals surface area contributed by atoms with Crippen LogP contribution in [0.1, 0.15) is 5.69 Å². The molecule has 0 aliphatic rings. The van der Waals surface area contributed by atoms with Gasteiger partial charge in [-0.05, 0) is 5.92 Å². The Morgan fingerprint density at radius 1 is 1.67 bits per heavy atom. The minimum absolute atomic E-state index is 0.254. The summed E-state index contributed by atoms with van der Waals surface area (Å²) in [6.45, 7) is 0. The van der Waals surface area contributed by atoms with Crippen LogP contribution in [0.5, 0.6) is 0 Å². The number of pyridine rings is 1. The van der Waals surface area contributed by atoms with Crippen molar-refractivity contribution in [2.24, 2.45) is 0 Å². The van der Waals surface area contributed by atoms with Gasteiger partial charge in [0, 0.05) is 6.07 Å². The Hall–Kier alpha value is -1.21. The Morgan fingerprint density at radius 2 is 2.42 bits per heavy atom. The van der Waals surface area contributed by atoms with Crippen LogP contribution in [0.25, 0.3) is 0 Å². The second kappa shape index (κ2) is 3.98. The number of nitrogens with two attached hydrogens (primary N) is 1. The van der Waals surface area contributed by atoms with Gasteiger partial charge in [-0.3, -0.25) is 0 Å². The molecule has 0 unspecified atom stereocenters. The van der Waals surface area contributed by atoms with Gasteiger partial charge in [-0.25, -0.2) is 9.37 Å². The van der Waals surface area contributed by atoms with E-state index in [1.165, 1.54) is 6.07 Å². The fraction of sp³-hybridized carbons (Fsp3) is 0.125. The van der Waals surface area contributed by atoms with Crippen LogP contribution >= 0.6 is 12.6 Å². The molecule has 0 bridgehead atoms. The quantitative estimate of drug-likeness (QED) is 0.465. The van der Waals surface area contributed by atoms with Crippen LogP contribution in [-0.2, 0) is 0 Å². The number of aromatic nitrogens is 1. The van der Waals surface area contributed by atoms with Crippen molar-refractivity contribution in [2.45, 2.75) is 0 Å². The first-order valence-corrected chi connectivity index (χ1v) is 3.88. The zero-order chi connectivity index (χ0) is 8.97. The number of anilines is 1. The highest BCUT2D eigenvalue weighted by Gasteiger charge is 1.97. The average molecular weight is 182 g/mol. The van der Waals surface area contributed by atoms with E-state index in [4.69, 9.17) is 5.73 Å². The lowest BCUT2D eigenvalue weighted by atomic mass is 10.3. The van der Waals surface area contributed by atoms with Crippen LogP contribution in [0.15, 0.2) is 12.3 Å². The molecule has 0 aliphatic heterocycles. The maximum atomic E-state index is 12.5. The Labute approximate surface area is 75.4 Å². The zero-order valence-electron chi connectivity index (χ0n) is 6.21. The molecule has 12 heavy (non-hydrogen) atoms. The highest BCUT2D eigenvalue weighted by Crippen LogP contribution is 2.07. The van der Waals surface area contributed by atoms with Crippen LogP contribution < -0.4 is 5.73 Å². The average Bonchev–Trinajstić information content (AvgIpc) is 2.03. The predicted molar refractivity (Wildman–Crippen MR) is 49.3 cm³/mol. The number of nitrogen functional groups attached to an aromatic ring is 1. The second-order valence-electron chi connectivity index (χ2n) is 2.05. The van der Waals surface area contributed by atoms with Crippen molar-refractivity contribution in [1.82, 2.24) is 4.98 Å². The van der Waals surface area contributed by atoms with Crippen molar-refractivity contribution < 1.29 is 4.39 Å². The molecule has 0 fully saturated rings. The highest BCUT2D eigenvalue weighted by atomic mass is 32.1. The number of hydrogen-bond acceptors (Lipinski definition) is 3. The third kappa shape index (κ3) is 2.14. The summed E-state index contributed by atoms with van der Waals surface area (Å²) in [7, 11) is 0. The SMILES string of the molecule is Nc1cc(F)cnc1C#CCS. The highest BCUT2D eigenvalue weighted by molar-refractivity contribution is 7.80. The fourth-order valence-electron chi connectivity index (χ4n) is 0.683. The standard InChI is InChI=1S/C8H7FN2S/c9-6-4-7(10)8(11-5-6)2-1-3-12/h4-5,12H,3,10H2. The molecule has 0 radical (unpaired) electrons. The van der Waals surface area contributed by atoms with E-state index in [0.29, 0.717) is 11.4 Å². The van der Waals surface area contributed by atoms with Gasteiger partial charge < -0.3 is 5.73 Å². The summed E-state index contributed by atoms with van der Waals surface area (Å²) in [6, 6.07) is 1.19. The second-order valence-corrected chi connectivity index (χ2v) is 2.37. The largest absolute Gasteiger partial charge is 0.396 e. The molecule has 0 amide bonds. The van der Waals surface area contributed by atoms with Crippen molar-refractivity contribution in [1.29, 1.82) is 0 Å². The fourth-order valence-corrected chi connectivity index (χ4v) is 0.762. The van der Waals surface area contributed by atoms with Crippen LogP contribution in [0.2, 0.25) is 0 Å². The molecule has 0 aromatic carbocycles. The van der Waals surface area contributed by atoms with Gasteiger partial charge in [0.2, 0.25) is 0 Å². The van der Waals surface area contributed by atoms with E-state index in [2.05, 4.69) is 29.5 Å². The molecule has 1 aromatic rings. The van der Waals surface area contributed by atoms with E-state index >= 15 is 0 Å². The number of nitrogens with zero attached hydrogens (tertiary/aromatic N) is 1. The van der Waals surface area contributed by atoms with Gasteiger partial charge in [0.25, 0.3) is 0 Å².